The van der Waals surface area contributed by atoms with Crippen molar-refractivity contribution < 1.29 is 14.3 Å². The number of anilines is 3. The average molecular weight is 455 g/mol. The normalized spacial score (nSPS) is 13.5. The number of hydrogen-bond acceptors (Lipinski definition) is 8. The third-order valence-electron chi connectivity index (χ3n) is 4.81. The number of halogens is 1. The number of amides is 1. The standard InChI is InChI=1S/C22H23ClN6O3/c1-31-20-12-15(6-7-24-20)21(30)25-14-18-13-19(26-17-4-2-16(23)3-5-17)28-22(27-18)29-8-10-32-11-9-29/h2-7,12-13H,8-11,14H2,1H3,(H,25,30)(H,26,27,28). The van der Waals surface area contributed by atoms with Gasteiger partial charge in [0.2, 0.25) is 11.8 Å². The SMILES string of the molecule is COc1cc(C(=O)NCc2cc(Nc3ccc(Cl)cc3)nc(N3CCOCC3)n2)ccn1. The number of ether oxygens (including phenoxy) is 2. The molecule has 3 aromatic rings. The number of nitrogens with zero attached hydrogens (tertiary/aromatic N) is 4. The van der Waals surface area contributed by atoms with E-state index in [1.54, 1.807) is 24.3 Å². The Balaban J connectivity index is 1.53. The first kappa shape index (κ1) is 21.8. The van der Waals surface area contributed by atoms with Gasteiger partial charge in [-0.25, -0.2) is 9.97 Å². The topological polar surface area (TPSA) is 102 Å². The first-order valence-electron chi connectivity index (χ1n) is 10.1. The van der Waals surface area contributed by atoms with Gasteiger partial charge in [0.1, 0.15) is 5.82 Å². The van der Waals surface area contributed by atoms with E-state index in [1.807, 2.05) is 18.2 Å². The monoisotopic (exact) mass is 454 g/mol. The third-order valence-corrected chi connectivity index (χ3v) is 5.07. The van der Waals surface area contributed by atoms with E-state index in [-0.39, 0.29) is 12.5 Å². The van der Waals surface area contributed by atoms with Crippen molar-refractivity contribution in [3.8, 4) is 5.88 Å². The molecule has 0 bridgehead atoms. The van der Waals surface area contributed by atoms with E-state index in [1.165, 1.54) is 13.3 Å². The van der Waals surface area contributed by atoms with E-state index in [2.05, 4.69) is 30.5 Å². The van der Waals surface area contributed by atoms with Gasteiger partial charge in [-0.3, -0.25) is 4.79 Å². The zero-order chi connectivity index (χ0) is 22.3. The average Bonchev–Trinajstić information content (AvgIpc) is 2.84. The van der Waals surface area contributed by atoms with Crippen LogP contribution in [0.3, 0.4) is 0 Å². The first-order valence-corrected chi connectivity index (χ1v) is 10.5. The van der Waals surface area contributed by atoms with E-state index in [9.17, 15) is 4.79 Å². The molecule has 0 radical (unpaired) electrons. The number of aromatic nitrogens is 3. The van der Waals surface area contributed by atoms with E-state index < -0.39 is 0 Å². The molecule has 2 N–H and O–H groups in total. The van der Waals surface area contributed by atoms with Crippen molar-refractivity contribution >= 4 is 35.0 Å². The maximum absolute atomic E-state index is 12.6. The van der Waals surface area contributed by atoms with Crippen molar-refractivity contribution in [2.45, 2.75) is 6.54 Å². The summed E-state index contributed by atoms with van der Waals surface area (Å²) in [7, 11) is 1.51. The van der Waals surface area contributed by atoms with Crippen molar-refractivity contribution in [2.75, 3.05) is 43.6 Å². The number of benzene rings is 1. The molecule has 1 saturated heterocycles. The number of methoxy groups -OCH3 is 1. The van der Waals surface area contributed by atoms with Gasteiger partial charge in [0.25, 0.3) is 5.91 Å². The van der Waals surface area contributed by atoms with Gasteiger partial charge in [-0.1, -0.05) is 11.6 Å². The molecule has 166 valence electrons. The molecule has 32 heavy (non-hydrogen) atoms. The number of rotatable bonds is 7. The Morgan fingerprint density at radius 2 is 1.94 bits per heavy atom. The van der Waals surface area contributed by atoms with Crippen molar-refractivity contribution in [2.24, 2.45) is 0 Å². The second-order valence-electron chi connectivity index (χ2n) is 7.05. The molecule has 0 unspecified atom stereocenters. The van der Waals surface area contributed by atoms with Crippen LogP contribution < -0.4 is 20.3 Å². The Bertz CT molecular complexity index is 1070. The fraction of sp³-hybridized carbons (Fsp3) is 0.273. The fourth-order valence-electron chi connectivity index (χ4n) is 3.16. The third kappa shape index (κ3) is 5.63. The zero-order valence-corrected chi connectivity index (χ0v) is 18.3. The van der Waals surface area contributed by atoms with Crippen LogP contribution >= 0.6 is 11.6 Å². The molecule has 9 nitrogen and oxygen atoms in total. The smallest absolute Gasteiger partial charge is 0.251 e. The predicted octanol–water partition coefficient (Wildman–Crippen LogP) is 3.04. The summed E-state index contributed by atoms with van der Waals surface area (Å²) < 4.78 is 10.5. The summed E-state index contributed by atoms with van der Waals surface area (Å²) in [5.41, 5.74) is 1.98. The van der Waals surface area contributed by atoms with Crippen LogP contribution in [0.2, 0.25) is 5.02 Å². The lowest BCUT2D eigenvalue weighted by molar-refractivity contribution is 0.0950. The van der Waals surface area contributed by atoms with Crippen LogP contribution in [0.4, 0.5) is 17.5 Å². The van der Waals surface area contributed by atoms with Gasteiger partial charge in [0.15, 0.2) is 0 Å². The summed E-state index contributed by atoms with van der Waals surface area (Å²) in [6.07, 6.45) is 1.53. The van der Waals surface area contributed by atoms with Crippen molar-refractivity contribution in [3.05, 3.63) is 64.9 Å². The molecule has 0 spiro atoms. The lowest BCUT2D eigenvalue weighted by Gasteiger charge is -2.27. The number of nitrogens with one attached hydrogen (secondary N) is 2. The highest BCUT2D eigenvalue weighted by molar-refractivity contribution is 6.30. The van der Waals surface area contributed by atoms with Gasteiger partial charge >= 0.3 is 0 Å². The zero-order valence-electron chi connectivity index (χ0n) is 17.5. The number of morpholine rings is 1. The minimum absolute atomic E-state index is 0.235. The highest BCUT2D eigenvalue weighted by Gasteiger charge is 2.16. The lowest BCUT2D eigenvalue weighted by Crippen LogP contribution is -2.37. The molecule has 10 heteroatoms. The largest absolute Gasteiger partial charge is 0.481 e. The highest BCUT2D eigenvalue weighted by atomic mass is 35.5. The van der Waals surface area contributed by atoms with Crippen LogP contribution in [-0.2, 0) is 11.3 Å². The van der Waals surface area contributed by atoms with Gasteiger partial charge in [0, 0.05) is 47.7 Å². The van der Waals surface area contributed by atoms with Gasteiger partial charge in [0.05, 0.1) is 32.6 Å². The second-order valence-corrected chi connectivity index (χ2v) is 7.48. The molecule has 1 amide bonds. The maximum atomic E-state index is 12.6. The summed E-state index contributed by atoms with van der Waals surface area (Å²) in [6, 6.07) is 12.4. The van der Waals surface area contributed by atoms with Gasteiger partial charge in [-0.2, -0.15) is 4.98 Å². The van der Waals surface area contributed by atoms with Crippen LogP contribution in [0, 0.1) is 0 Å². The van der Waals surface area contributed by atoms with E-state index >= 15 is 0 Å². The minimum Gasteiger partial charge on any atom is -0.481 e. The fourth-order valence-corrected chi connectivity index (χ4v) is 3.29. The first-order chi connectivity index (χ1) is 15.6. The highest BCUT2D eigenvalue weighted by Crippen LogP contribution is 2.21. The molecule has 4 rings (SSSR count). The Morgan fingerprint density at radius 1 is 1.16 bits per heavy atom. The summed E-state index contributed by atoms with van der Waals surface area (Å²) in [4.78, 5) is 28.0. The number of hydrogen-bond donors (Lipinski definition) is 2. The molecule has 1 aromatic carbocycles. The summed E-state index contributed by atoms with van der Waals surface area (Å²) in [5.74, 6) is 1.34. The van der Waals surface area contributed by atoms with Crippen LogP contribution in [0.15, 0.2) is 48.7 Å². The molecule has 3 heterocycles. The Morgan fingerprint density at radius 3 is 2.69 bits per heavy atom. The molecule has 1 aliphatic rings. The quantitative estimate of drug-likeness (QED) is 0.561. The Kier molecular flexibility index (Phi) is 6.98. The van der Waals surface area contributed by atoms with E-state index in [0.717, 1.165) is 5.69 Å². The summed E-state index contributed by atoms with van der Waals surface area (Å²) in [6.45, 7) is 2.88. The number of carbonyl (C=O) groups is 1. The van der Waals surface area contributed by atoms with Crippen LogP contribution in [0.5, 0.6) is 5.88 Å². The van der Waals surface area contributed by atoms with Crippen molar-refractivity contribution in [1.29, 1.82) is 0 Å². The second kappa shape index (κ2) is 10.3. The number of carbonyl (C=O) groups excluding carboxylic acids is 1. The van der Waals surface area contributed by atoms with Gasteiger partial charge < -0.3 is 25.0 Å². The maximum Gasteiger partial charge on any atom is 0.251 e. The molecule has 2 aromatic heterocycles. The van der Waals surface area contributed by atoms with Crippen LogP contribution in [-0.4, -0.2) is 54.3 Å². The summed E-state index contributed by atoms with van der Waals surface area (Å²) >= 11 is 5.98. The Labute approximate surface area is 190 Å². The number of pyridine rings is 1. The predicted molar refractivity (Wildman–Crippen MR) is 122 cm³/mol. The molecule has 1 aliphatic heterocycles. The molecule has 1 fully saturated rings. The van der Waals surface area contributed by atoms with E-state index in [0.29, 0.717) is 60.2 Å². The van der Waals surface area contributed by atoms with E-state index in [4.69, 9.17) is 21.1 Å². The van der Waals surface area contributed by atoms with Crippen LogP contribution in [0.25, 0.3) is 0 Å². The lowest BCUT2D eigenvalue weighted by atomic mass is 10.2. The van der Waals surface area contributed by atoms with Crippen LogP contribution in [0.1, 0.15) is 16.1 Å². The molecule has 0 saturated carbocycles. The van der Waals surface area contributed by atoms with Crippen molar-refractivity contribution in [3.63, 3.8) is 0 Å². The van der Waals surface area contributed by atoms with Gasteiger partial charge in [-0.15, -0.1) is 0 Å². The molecule has 0 aliphatic carbocycles. The molecular weight excluding hydrogens is 432 g/mol. The summed E-state index contributed by atoms with van der Waals surface area (Å²) in [5, 5.41) is 6.83. The van der Waals surface area contributed by atoms with Gasteiger partial charge in [-0.05, 0) is 30.3 Å². The van der Waals surface area contributed by atoms with Crippen molar-refractivity contribution in [1.82, 2.24) is 20.3 Å². The molecule has 0 atom stereocenters. The minimum atomic E-state index is -0.246. The Hall–Kier alpha value is -3.43. The molecular formula is C22H23ClN6O3.